The van der Waals surface area contributed by atoms with Crippen molar-refractivity contribution in [2.24, 2.45) is 5.92 Å². The fourth-order valence-electron chi connectivity index (χ4n) is 2.97. The molecule has 1 aliphatic heterocycles. The van der Waals surface area contributed by atoms with Crippen LogP contribution in [0.5, 0.6) is 0 Å². The number of nitrogens with zero attached hydrogens (tertiary/aromatic N) is 1. The maximum atomic E-state index is 12.6. The summed E-state index contributed by atoms with van der Waals surface area (Å²) in [6, 6.07) is 8.30. The van der Waals surface area contributed by atoms with E-state index in [0.29, 0.717) is 5.91 Å². The Bertz CT molecular complexity index is 440. The third-order valence-corrected chi connectivity index (χ3v) is 4.99. The molecule has 0 atom stereocenters. The van der Waals surface area contributed by atoms with Gasteiger partial charge in [-0.3, -0.25) is 4.79 Å². The van der Waals surface area contributed by atoms with Gasteiger partial charge in [0.05, 0.1) is 5.69 Å². The zero-order valence-corrected chi connectivity index (χ0v) is 11.4. The number of rotatable bonds is 1. The molecule has 0 saturated heterocycles. The number of hydrogen-bond acceptors (Lipinski definition) is 2. The summed E-state index contributed by atoms with van der Waals surface area (Å²) < 4.78 is 0. The Balaban J connectivity index is 1.82. The molecule has 18 heavy (non-hydrogen) atoms. The van der Waals surface area contributed by atoms with Crippen molar-refractivity contribution >= 4 is 23.4 Å². The van der Waals surface area contributed by atoms with Gasteiger partial charge in [-0.25, -0.2) is 0 Å². The van der Waals surface area contributed by atoms with Crippen LogP contribution in [0, 0.1) is 5.92 Å². The van der Waals surface area contributed by atoms with E-state index >= 15 is 0 Å². The monoisotopic (exact) mass is 261 g/mol. The molecule has 1 aliphatic carbocycles. The van der Waals surface area contributed by atoms with Crippen molar-refractivity contribution in [2.45, 2.75) is 37.0 Å². The Labute approximate surface area is 113 Å². The number of carbonyl (C=O) groups is 1. The molecular formula is C15H19NOS. The van der Waals surface area contributed by atoms with Gasteiger partial charge in [0.2, 0.25) is 5.91 Å². The van der Waals surface area contributed by atoms with Crippen molar-refractivity contribution in [1.29, 1.82) is 0 Å². The lowest BCUT2D eigenvalue weighted by atomic mass is 9.88. The van der Waals surface area contributed by atoms with Crippen molar-refractivity contribution in [1.82, 2.24) is 0 Å². The first-order valence-corrected chi connectivity index (χ1v) is 7.88. The zero-order valence-electron chi connectivity index (χ0n) is 10.6. The van der Waals surface area contributed by atoms with Gasteiger partial charge in [0, 0.05) is 23.1 Å². The lowest BCUT2D eigenvalue weighted by Crippen LogP contribution is -2.40. The molecule has 2 nitrogen and oxygen atoms in total. The number of amides is 1. The van der Waals surface area contributed by atoms with Gasteiger partial charge >= 0.3 is 0 Å². The molecule has 1 aromatic rings. The molecule has 3 heteroatoms. The van der Waals surface area contributed by atoms with E-state index in [2.05, 4.69) is 18.2 Å². The van der Waals surface area contributed by atoms with E-state index < -0.39 is 0 Å². The van der Waals surface area contributed by atoms with Crippen LogP contribution < -0.4 is 4.90 Å². The fourth-order valence-corrected chi connectivity index (χ4v) is 3.96. The molecule has 0 bridgehead atoms. The van der Waals surface area contributed by atoms with E-state index in [1.165, 1.54) is 24.2 Å². The lowest BCUT2D eigenvalue weighted by Gasteiger charge is -2.33. The van der Waals surface area contributed by atoms with Crippen molar-refractivity contribution < 1.29 is 4.79 Å². The minimum absolute atomic E-state index is 0.273. The summed E-state index contributed by atoms with van der Waals surface area (Å²) in [7, 11) is 0. The van der Waals surface area contributed by atoms with E-state index in [1.54, 1.807) is 0 Å². The maximum absolute atomic E-state index is 12.6. The first-order valence-electron chi connectivity index (χ1n) is 6.89. The average molecular weight is 261 g/mol. The summed E-state index contributed by atoms with van der Waals surface area (Å²) in [5.74, 6) is 1.66. The summed E-state index contributed by atoms with van der Waals surface area (Å²) in [6.07, 6.45) is 5.92. The average Bonchev–Trinajstić information content (AvgIpc) is 2.47. The van der Waals surface area contributed by atoms with Gasteiger partial charge in [-0.05, 0) is 25.0 Å². The standard InChI is InChI=1S/C15H19NOS/c17-15(12-6-2-1-3-7-12)16-10-11-18-14-9-5-4-8-13(14)16/h4-5,8-9,12H,1-3,6-7,10-11H2. The van der Waals surface area contributed by atoms with Crippen LogP contribution in [0.3, 0.4) is 0 Å². The van der Waals surface area contributed by atoms with Crippen LogP contribution in [0.1, 0.15) is 32.1 Å². The zero-order chi connectivity index (χ0) is 12.4. The number of carbonyl (C=O) groups excluding carboxylic acids is 1. The van der Waals surface area contributed by atoms with E-state index in [0.717, 1.165) is 30.8 Å². The van der Waals surface area contributed by atoms with Crippen molar-refractivity contribution in [3.63, 3.8) is 0 Å². The Kier molecular flexibility index (Phi) is 3.59. The van der Waals surface area contributed by atoms with Gasteiger partial charge in [-0.15, -0.1) is 11.8 Å². The third kappa shape index (κ3) is 2.28. The van der Waals surface area contributed by atoms with Gasteiger partial charge in [0.25, 0.3) is 0 Å². The minimum atomic E-state index is 0.273. The van der Waals surface area contributed by atoms with Crippen LogP contribution in [0.15, 0.2) is 29.2 Å². The largest absolute Gasteiger partial charge is 0.310 e. The van der Waals surface area contributed by atoms with Crippen LogP contribution in [0.25, 0.3) is 0 Å². The van der Waals surface area contributed by atoms with Crippen LogP contribution >= 0.6 is 11.8 Å². The van der Waals surface area contributed by atoms with Gasteiger partial charge < -0.3 is 4.90 Å². The number of hydrogen-bond donors (Lipinski definition) is 0. The summed E-state index contributed by atoms with van der Waals surface area (Å²) in [4.78, 5) is 15.9. The van der Waals surface area contributed by atoms with E-state index in [9.17, 15) is 4.79 Å². The molecule has 1 amide bonds. The van der Waals surface area contributed by atoms with Crippen molar-refractivity contribution in [2.75, 3.05) is 17.2 Å². The van der Waals surface area contributed by atoms with Crippen LogP contribution in [-0.2, 0) is 4.79 Å². The van der Waals surface area contributed by atoms with E-state index in [1.807, 2.05) is 22.7 Å². The van der Waals surface area contributed by atoms with Crippen molar-refractivity contribution in [3.05, 3.63) is 24.3 Å². The Morgan fingerprint density at radius 3 is 2.78 bits per heavy atom. The van der Waals surface area contributed by atoms with Gasteiger partial charge in [-0.2, -0.15) is 0 Å². The molecule has 1 fully saturated rings. The highest BCUT2D eigenvalue weighted by Gasteiger charge is 2.29. The number of benzene rings is 1. The number of thioether (sulfide) groups is 1. The predicted octanol–water partition coefficient (Wildman–Crippen LogP) is 3.71. The fraction of sp³-hybridized carbons (Fsp3) is 0.533. The molecule has 1 aromatic carbocycles. The SMILES string of the molecule is O=C(C1CCCCC1)N1CCSc2ccccc21. The van der Waals surface area contributed by atoms with E-state index in [-0.39, 0.29) is 5.92 Å². The lowest BCUT2D eigenvalue weighted by molar-refractivity contribution is -0.123. The molecule has 3 rings (SSSR count). The second-order valence-electron chi connectivity index (χ2n) is 5.14. The van der Waals surface area contributed by atoms with Crippen molar-refractivity contribution in [3.8, 4) is 0 Å². The third-order valence-electron chi connectivity index (χ3n) is 3.95. The summed E-state index contributed by atoms with van der Waals surface area (Å²) in [5, 5.41) is 0. The Hall–Kier alpha value is -0.960. The maximum Gasteiger partial charge on any atom is 0.230 e. The smallest absolute Gasteiger partial charge is 0.230 e. The molecule has 0 N–H and O–H groups in total. The Morgan fingerprint density at radius 2 is 1.94 bits per heavy atom. The quantitative estimate of drug-likeness (QED) is 0.768. The Morgan fingerprint density at radius 1 is 1.17 bits per heavy atom. The van der Waals surface area contributed by atoms with Gasteiger partial charge in [0.15, 0.2) is 0 Å². The first-order chi connectivity index (χ1) is 8.86. The van der Waals surface area contributed by atoms with Gasteiger partial charge in [-0.1, -0.05) is 31.4 Å². The first kappa shape index (κ1) is 12.1. The molecule has 0 spiro atoms. The van der Waals surface area contributed by atoms with Crippen LogP contribution in [0.4, 0.5) is 5.69 Å². The topological polar surface area (TPSA) is 20.3 Å². The number of fused-ring (bicyclic) bond motifs is 1. The molecule has 0 radical (unpaired) electrons. The molecule has 1 heterocycles. The molecule has 0 unspecified atom stereocenters. The molecule has 2 aliphatic rings. The summed E-state index contributed by atoms with van der Waals surface area (Å²) in [5.41, 5.74) is 1.13. The molecular weight excluding hydrogens is 242 g/mol. The van der Waals surface area contributed by atoms with Crippen LogP contribution in [-0.4, -0.2) is 18.2 Å². The summed E-state index contributed by atoms with van der Waals surface area (Å²) >= 11 is 1.86. The second kappa shape index (κ2) is 5.35. The highest BCUT2D eigenvalue weighted by atomic mass is 32.2. The molecule has 1 saturated carbocycles. The molecule has 96 valence electrons. The number of para-hydroxylation sites is 1. The van der Waals surface area contributed by atoms with Crippen LogP contribution in [0.2, 0.25) is 0 Å². The molecule has 0 aromatic heterocycles. The summed E-state index contributed by atoms with van der Waals surface area (Å²) in [6.45, 7) is 0.872. The predicted molar refractivity (Wildman–Crippen MR) is 76.1 cm³/mol. The normalized spacial score (nSPS) is 20.6. The number of anilines is 1. The highest BCUT2D eigenvalue weighted by Crippen LogP contribution is 2.36. The van der Waals surface area contributed by atoms with E-state index in [4.69, 9.17) is 0 Å². The second-order valence-corrected chi connectivity index (χ2v) is 6.28. The minimum Gasteiger partial charge on any atom is -0.310 e. The highest BCUT2D eigenvalue weighted by molar-refractivity contribution is 7.99. The van der Waals surface area contributed by atoms with Gasteiger partial charge in [0.1, 0.15) is 0 Å².